The Morgan fingerprint density at radius 3 is 2.65 bits per heavy atom. The fourth-order valence-electron chi connectivity index (χ4n) is 3.66. The number of carbonyl (C=O) groups is 2. The minimum atomic E-state index is -0.288. The van der Waals surface area contributed by atoms with Crippen molar-refractivity contribution in [3.05, 3.63) is 34.9 Å². The third kappa shape index (κ3) is 4.32. The maximum atomic E-state index is 12.2. The van der Waals surface area contributed by atoms with E-state index in [9.17, 15) is 9.59 Å². The van der Waals surface area contributed by atoms with Gasteiger partial charge in [-0.3, -0.25) is 14.5 Å². The van der Waals surface area contributed by atoms with Gasteiger partial charge in [0.2, 0.25) is 11.8 Å². The minimum absolute atomic E-state index is 0.0938. The first-order chi connectivity index (χ1) is 11.1. The van der Waals surface area contributed by atoms with Crippen molar-refractivity contribution in [2.45, 2.75) is 44.6 Å². The second kappa shape index (κ2) is 7.13. The summed E-state index contributed by atoms with van der Waals surface area (Å²) in [5.41, 5.74) is 9.17. The van der Waals surface area contributed by atoms with Crippen LogP contribution in [0.3, 0.4) is 0 Å². The lowest BCUT2D eigenvalue weighted by Gasteiger charge is -2.31. The number of fused-ring (bicyclic) bond motifs is 1. The van der Waals surface area contributed by atoms with E-state index < -0.39 is 0 Å². The number of aryl methyl sites for hydroxylation is 2. The molecule has 5 nitrogen and oxygen atoms in total. The highest BCUT2D eigenvalue weighted by molar-refractivity contribution is 5.79. The molecule has 0 aromatic heterocycles. The Hall–Kier alpha value is -1.88. The first-order valence-corrected chi connectivity index (χ1v) is 8.51. The minimum Gasteiger partial charge on any atom is -0.369 e. The summed E-state index contributed by atoms with van der Waals surface area (Å²) in [6.45, 7) is 1.94. The quantitative estimate of drug-likeness (QED) is 0.843. The van der Waals surface area contributed by atoms with E-state index in [1.54, 1.807) is 0 Å². The van der Waals surface area contributed by atoms with Crippen LogP contribution in [0, 0.1) is 0 Å². The highest BCUT2D eigenvalue weighted by Gasteiger charge is 2.21. The number of nitrogens with zero attached hydrogens (tertiary/aromatic N) is 1. The zero-order valence-electron chi connectivity index (χ0n) is 13.5. The van der Waals surface area contributed by atoms with Crippen LogP contribution >= 0.6 is 0 Å². The van der Waals surface area contributed by atoms with Gasteiger partial charge in [-0.15, -0.1) is 0 Å². The molecule has 1 aromatic carbocycles. The summed E-state index contributed by atoms with van der Waals surface area (Å²) in [5.74, 6) is -0.194. The number of nitrogens with one attached hydrogen (secondary N) is 1. The Balaban J connectivity index is 1.46. The van der Waals surface area contributed by atoms with Gasteiger partial charge in [-0.05, 0) is 48.8 Å². The average molecular weight is 315 g/mol. The molecule has 3 rings (SSSR count). The number of rotatable bonds is 5. The number of piperidine rings is 1. The second-order valence-electron chi connectivity index (χ2n) is 6.72. The Labute approximate surface area is 137 Å². The Morgan fingerprint density at radius 2 is 1.91 bits per heavy atom. The first kappa shape index (κ1) is 16.0. The predicted octanol–water partition coefficient (Wildman–Crippen LogP) is 0.784. The largest absolute Gasteiger partial charge is 0.369 e. The smallest absolute Gasteiger partial charge is 0.231 e. The maximum absolute atomic E-state index is 12.2. The van der Waals surface area contributed by atoms with Crippen LogP contribution in [0.4, 0.5) is 0 Å². The van der Waals surface area contributed by atoms with Crippen LogP contribution in [0.1, 0.15) is 36.0 Å². The highest BCUT2D eigenvalue weighted by Crippen LogP contribution is 2.23. The van der Waals surface area contributed by atoms with Crippen LogP contribution in [0.2, 0.25) is 0 Å². The lowest BCUT2D eigenvalue weighted by atomic mass is 10.0. The van der Waals surface area contributed by atoms with Gasteiger partial charge in [0.15, 0.2) is 0 Å². The summed E-state index contributed by atoms with van der Waals surface area (Å²) < 4.78 is 0. The molecule has 0 bridgehead atoms. The highest BCUT2D eigenvalue weighted by atomic mass is 16.2. The summed E-state index contributed by atoms with van der Waals surface area (Å²) >= 11 is 0. The van der Waals surface area contributed by atoms with Crippen molar-refractivity contribution in [3.8, 4) is 0 Å². The monoisotopic (exact) mass is 315 g/mol. The van der Waals surface area contributed by atoms with Gasteiger partial charge in [-0.1, -0.05) is 18.2 Å². The van der Waals surface area contributed by atoms with Crippen LogP contribution in [0.15, 0.2) is 18.2 Å². The van der Waals surface area contributed by atoms with E-state index >= 15 is 0 Å². The molecule has 0 spiro atoms. The molecule has 0 atom stereocenters. The molecule has 1 aromatic rings. The molecule has 2 amide bonds. The van der Waals surface area contributed by atoms with Crippen molar-refractivity contribution in [1.82, 2.24) is 10.2 Å². The fourth-order valence-corrected chi connectivity index (χ4v) is 3.66. The summed E-state index contributed by atoms with van der Waals surface area (Å²) in [6.07, 6.45) is 5.75. The predicted molar refractivity (Wildman–Crippen MR) is 89.0 cm³/mol. The van der Waals surface area contributed by atoms with Crippen molar-refractivity contribution in [3.63, 3.8) is 0 Å². The van der Waals surface area contributed by atoms with Crippen LogP contribution < -0.4 is 11.1 Å². The SMILES string of the molecule is NC(=O)CN1CCC(NC(=O)Cc2ccc3c(c2)CCC3)CC1. The topological polar surface area (TPSA) is 75.4 Å². The molecule has 0 unspecified atom stereocenters. The zero-order valence-corrected chi connectivity index (χ0v) is 13.5. The third-order valence-corrected chi connectivity index (χ3v) is 4.86. The van der Waals surface area contributed by atoms with E-state index in [-0.39, 0.29) is 17.9 Å². The normalized spacial score (nSPS) is 18.6. The van der Waals surface area contributed by atoms with Crippen molar-refractivity contribution >= 4 is 11.8 Å². The van der Waals surface area contributed by atoms with E-state index in [4.69, 9.17) is 5.73 Å². The van der Waals surface area contributed by atoms with Crippen LogP contribution in [0.25, 0.3) is 0 Å². The molecule has 23 heavy (non-hydrogen) atoms. The molecule has 1 heterocycles. The lowest BCUT2D eigenvalue weighted by molar-refractivity contribution is -0.122. The molecule has 1 fully saturated rings. The van der Waals surface area contributed by atoms with Gasteiger partial charge in [0.05, 0.1) is 13.0 Å². The Morgan fingerprint density at radius 1 is 1.17 bits per heavy atom. The molecule has 0 saturated carbocycles. The van der Waals surface area contributed by atoms with Crippen LogP contribution in [0.5, 0.6) is 0 Å². The van der Waals surface area contributed by atoms with Crippen LogP contribution in [-0.4, -0.2) is 42.4 Å². The molecule has 124 valence electrons. The van der Waals surface area contributed by atoms with E-state index in [1.807, 2.05) is 4.90 Å². The van der Waals surface area contributed by atoms with Crippen LogP contribution in [-0.2, 0) is 28.9 Å². The van der Waals surface area contributed by atoms with E-state index in [0.29, 0.717) is 13.0 Å². The molecule has 1 saturated heterocycles. The van der Waals surface area contributed by atoms with E-state index in [1.165, 1.54) is 24.0 Å². The summed E-state index contributed by atoms with van der Waals surface area (Å²) in [5, 5.41) is 3.13. The van der Waals surface area contributed by atoms with Crippen molar-refractivity contribution in [2.75, 3.05) is 19.6 Å². The molecular formula is C18H25N3O2. The third-order valence-electron chi connectivity index (χ3n) is 4.86. The van der Waals surface area contributed by atoms with E-state index in [0.717, 1.165) is 37.9 Å². The van der Waals surface area contributed by atoms with Gasteiger partial charge in [-0.2, -0.15) is 0 Å². The summed E-state index contributed by atoms with van der Waals surface area (Å²) in [6, 6.07) is 6.66. The molecule has 1 aliphatic carbocycles. The standard InChI is InChI=1S/C18H25N3O2/c19-17(22)12-21-8-6-16(7-9-21)20-18(23)11-13-4-5-14-2-1-3-15(14)10-13/h4-5,10,16H,1-3,6-9,11-12H2,(H2,19,22)(H,20,23). The first-order valence-electron chi connectivity index (χ1n) is 8.51. The Bertz CT molecular complexity index is 592. The lowest BCUT2D eigenvalue weighted by Crippen LogP contribution is -2.47. The fraction of sp³-hybridized carbons (Fsp3) is 0.556. The van der Waals surface area contributed by atoms with Gasteiger partial charge in [-0.25, -0.2) is 0 Å². The molecule has 0 radical (unpaired) electrons. The number of benzene rings is 1. The summed E-state index contributed by atoms with van der Waals surface area (Å²) in [4.78, 5) is 25.2. The number of amides is 2. The molecule has 2 aliphatic rings. The van der Waals surface area contributed by atoms with Gasteiger partial charge in [0.25, 0.3) is 0 Å². The van der Waals surface area contributed by atoms with Crippen molar-refractivity contribution in [1.29, 1.82) is 0 Å². The van der Waals surface area contributed by atoms with Gasteiger partial charge in [0.1, 0.15) is 0 Å². The second-order valence-corrected chi connectivity index (χ2v) is 6.72. The number of primary amides is 1. The van der Waals surface area contributed by atoms with Crippen molar-refractivity contribution < 1.29 is 9.59 Å². The zero-order chi connectivity index (χ0) is 16.2. The summed E-state index contributed by atoms with van der Waals surface area (Å²) in [7, 11) is 0. The molecule has 3 N–H and O–H groups in total. The van der Waals surface area contributed by atoms with Gasteiger partial charge < -0.3 is 11.1 Å². The maximum Gasteiger partial charge on any atom is 0.231 e. The number of carbonyl (C=O) groups excluding carboxylic acids is 2. The number of likely N-dealkylation sites (tertiary alicyclic amines) is 1. The van der Waals surface area contributed by atoms with Gasteiger partial charge in [0, 0.05) is 19.1 Å². The molecule has 5 heteroatoms. The molecular weight excluding hydrogens is 290 g/mol. The number of nitrogens with two attached hydrogens (primary N) is 1. The van der Waals surface area contributed by atoms with Gasteiger partial charge >= 0.3 is 0 Å². The number of hydrogen-bond donors (Lipinski definition) is 2. The average Bonchev–Trinajstić information content (AvgIpc) is 2.96. The number of hydrogen-bond acceptors (Lipinski definition) is 3. The molecule has 1 aliphatic heterocycles. The van der Waals surface area contributed by atoms with E-state index in [2.05, 4.69) is 23.5 Å². The Kier molecular flexibility index (Phi) is 4.96. The van der Waals surface area contributed by atoms with Crippen molar-refractivity contribution in [2.24, 2.45) is 5.73 Å².